The second-order valence-electron chi connectivity index (χ2n) is 5.00. The molecule has 96 valence electrons. The van der Waals surface area contributed by atoms with Crippen LogP contribution >= 0.6 is 0 Å². The highest BCUT2D eigenvalue weighted by molar-refractivity contribution is 5.30. The van der Waals surface area contributed by atoms with E-state index in [4.69, 9.17) is 0 Å². The Balaban J connectivity index is 1.95. The van der Waals surface area contributed by atoms with Crippen LogP contribution in [0.15, 0.2) is 42.6 Å². The van der Waals surface area contributed by atoms with Crippen LogP contribution in [-0.2, 0) is 6.54 Å². The van der Waals surface area contributed by atoms with Crippen LogP contribution in [0.4, 0.5) is 0 Å². The fraction of sp³-hybridized carbons (Fsp3) is 0.357. The number of aromatic nitrogens is 2. The van der Waals surface area contributed by atoms with Crippen molar-refractivity contribution in [1.29, 1.82) is 0 Å². The Kier molecular flexibility index (Phi) is 3.79. The highest BCUT2D eigenvalue weighted by atomic mass is 16.3. The van der Waals surface area contributed by atoms with Crippen LogP contribution in [0.3, 0.4) is 0 Å². The minimum atomic E-state index is -0.692. The fourth-order valence-corrected chi connectivity index (χ4v) is 1.68. The van der Waals surface area contributed by atoms with E-state index in [1.807, 2.05) is 47.3 Å². The van der Waals surface area contributed by atoms with Crippen LogP contribution in [0.2, 0.25) is 0 Å². The smallest absolute Gasteiger partial charge is 0.0766 e. The van der Waals surface area contributed by atoms with Gasteiger partial charge in [-0.05, 0) is 32.0 Å². The Labute approximate surface area is 107 Å². The summed E-state index contributed by atoms with van der Waals surface area (Å²) in [5, 5.41) is 17.2. The summed E-state index contributed by atoms with van der Waals surface area (Å²) >= 11 is 0. The van der Waals surface area contributed by atoms with Gasteiger partial charge >= 0.3 is 0 Å². The first-order valence-electron chi connectivity index (χ1n) is 6.08. The number of benzene rings is 1. The molecule has 0 aliphatic carbocycles. The first kappa shape index (κ1) is 12.8. The average molecular weight is 245 g/mol. The number of rotatable bonds is 5. The molecule has 4 heteroatoms. The first-order valence-corrected chi connectivity index (χ1v) is 6.08. The summed E-state index contributed by atoms with van der Waals surface area (Å²) in [5.74, 6) is 0. The maximum Gasteiger partial charge on any atom is 0.0766 e. The quantitative estimate of drug-likeness (QED) is 0.843. The lowest BCUT2D eigenvalue weighted by Gasteiger charge is -2.16. The lowest BCUT2D eigenvalue weighted by molar-refractivity contribution is 0.0794. The zero-order valence-electron chi connectivity index (χ0n) is 10.8. The average Bonchev–Trinajstić information content (AvgIpc) is 2.77. The topological polar surface area (TPSA) is 50.1 Å². The van der Waals surface area contributed by atoms with Gasteiger partial charge in [0.2, 0.25) is 0 Å². The molecule has 0 saturated heterocycles. The van der Waals surface area contributed by atoms with E-state index in [2.05, 4.69) is 10.4 Å². The fourth-order valence-electron chi connectivity index (χ4n) is 1.68. The van der Waals surface area contributed by atoms with E-state index >= 15 is 0 Å². The van der Waals surface area contributed by atoms with Crippen molar-refractivity contribution < 1.29 is 5.11 Å². The van der Waals surface area contributed by atoms with Gasteiger partial charge in [-0.2, -0.15) is 5.10 Å². The first-order chi connectivity index (χ1) is 8.54. The molecule has 4 nitrogen and oxygen atoms in total. The molecular formula is C14H19N3O. The van der Waals surface area contributed by atoms with E-state index in [0.717, 1.165) is 11.4 Å². The molecule has 0 aliphatic heterocycles. The number of hydrogen-bond acceptors (Lipinski definition) is 3. The third-order valence-corrected chi connectivity index (χ3v) is 2.53. The molecular weight excluding hydrogens is 226 g/mol. The highest BCUT2D eigenvalue weighted by Crippen LogP contribution is 2.07. The van der Waals surface area contributed by atoms with Crippen molar-refractivity contribution in [3.63, 3.8) is 0 Å². The molecule has 0 saturated carbocycles. The van der Waals surface area contributed by atoms with Gasteiger partial charge in [-0.1, -0.05) is 18.2 Å². The van der Waals surface area contributed by atoms with Gasteiger partial charge in [0.25, 0.3) is 0 Å². The number of para-hydroxylation sites is 1. The van der Waals surface area contributed by atoms with E-state index in [0.29, 0.717) is 13.1 Å². The molecule has 0 aliphatic rings. The summed E-state index contributed by atoms with van der Waals surface area (Å²) < 4.78 is 1.85. The zero-order chi connectivity index (χ0) is 13.0. The van der Waals surface area contributed by atoms with Crippen LogP contribution in [0, 0.1) is 0 Å². The summed E-state index contributed by atoms with van der Waals surface area (Å²) in [6, 6.07) is 12.0. The van der Waals surface area contributed by atoms with Crippen LogP contribution in [0.25, 0.3) is 5.69 Å². The van der Waals surface area contributed by atoms with E-state index in [1.54, 1.807) is 13.8 Å². The Morgan fingerprint density at radius 3 is 2.61 bits per heavy atom. The lowest BCUT2D eigenvalue weighted by Crippen LogP contribution is -2.34. The number of hydrogen-bond donors (Lipinski definition) is 2. The summed E-state index contributed by atoms with van der Waals surface area (Å²) in [5.41, 5.74) is 1.32. The Morgan fingerprint density at radius 1 is 1.22 bits per heavy atom. The predicted octanol–water partition coefficient (Wildman–Crippen LogP) is 1.73. The SMILES string of the molecule is CC(C)(O)CNCc1ccn(-c2ccccc2)n1. The zero-order valence-corrected chi connectivity index (χ0v) is 10.8. The van der Waals surface area contributed by atoms with E-state index in [1.165, 1.54) is 0 Å². The van der Waals surface area contributed by atoms with Crippen LogP contribution < -0.4 is 5.32 Å². The minimum absolute atomic E-state index is 0.547. The van der Waals surface area contributed by atoms with E-state index in [-0.39, 0.29) is 0 Å². The van der Waals surface area contributed by atoms with Crippen molar-refractivity contribution in [3.05, 3.63) is 48.3 Å². The van der Waals surface area contributed by atoms with Gasteiger partial charge in [0.05, 0.1) is 17.0 Å². The predicted molar refractivity (Wildman–Crippen MR) is 71.6 cm³/mol. The number of nitrogens with one attached hydrogen (secondary N) is 1. The summed E-state index contributed by atoms with van der Waals surface area (Å²) in [4.78, 5) is 0. The summed E-state index contributed by atoms with van der Waals surface area (Å²) in [6.45, 7) is 4.76. The van der Waals surface area contributed by atoms with Crippen LogP contribution in [-0.4, -0.2) is 27.0 Å². The molecule has 2 rings (SSSR count). The summed E-state index contributed by atoms with van der Waals surface area (Å²) in [6.07, 6.45) is 1.94. The Morgan fingerprint density at radius 2 is 1.94 bits per heavy atom. The number of aliphatic hydroxyl groups is 1. The molecule has 1 heterocycles. The molecule has 0 atom stereocenters. The molecule has 0 amide bonds. The maximum absolute atomic E-state index is 9.59. The van der Waals surface area contributed by atoms with Crippen molar-refractivity contribution in [1.82, 2.24) is 15.1 Å². The molecule has 0 spiro atoms. The Hall–Kier alpha value is -1.65. The van der Waals surface area contributed by atoms with Gasteiger partial charge in [-0.3, -0.25) is 0 Å². The second-order valence-corrected chi connectivity index (χ2v) is 5.00. The van der Waals surface area contributed by atoms with Gasteiger partial charge in [0, 0.05) is 19.3 Å². The molecule has 1 aromatic carbocycles. The normalized spacial score (nSPS) is 11.7. The van der Waals surface area contributed by atoms with E-state index < -0.39 is 5.60 Å². The van der Waals surface area contributed by atoms with Crippen molar-refractivity contribution in [3.8, 4) is 5.69 Å². The van der Waals surface area contributed by atoms with E-state index in [9.17, 15) is 5.11 Å². The maximum atomic E-state index is 9.59. The highest BCUT2D eigenvalue weighted by Gasteiger charge is 2.11. The second kappa shape index (κ2) is 5.33. The third-order valence-electron chi connectivity index (χ3n) is 2.53. The van der Waals surface area contributed by atoms with Gasteiger partial charge in [0.15, 0.2) is 0 Å². The molecule has 0 unspecified atom stereocenters. The third kappa shape index (κ3) is 3.68. The van der Waals surface area contributed by atoms with Crippen molar-refractivity contribution in [2.45, 2.75) is 26.0 Å². The lowest BCUT2D eigenvalue weighted by atomic mass is 10.1. The van der Waals surface area contributed by atoms with Crippen molar-refractivity contribution in [2.75, 3.05) is 6.54 Å². The largest absolute Gasteiger partial charge is 0.389 e. The van der Waals surface area contributed by atoms with Gasteiger partial charge < -0.3 is 10.4 Å². The molecule has 2 N–H and O–H groups in total. The van der Waals surface area contributed by atoms with Crippen molar-refractivity contribution >= 4 is 0 Å². The van der Waals surface area contributed by atoms with Gasteiger partial charge in [-0.25, -0.2) is 4.68 Å². The van der Waals surface area contributed by atoms with Gasteiger partial charge in [0.1, 0.15) is 0 Å². The molecule has 1 aromatic heterocycles. The minimum Gasteiger partial charge on any atom is -0.389 e. The Bertz CT molecular complexity index is 485. The monoisotopic (exact) mass is 245 g/mol. The standard InChI is InChI=1S/C14H19N3O/c1-14(2,18)11-15-10-12-8-9-17(16-12)13-6-4-3-5-7-13/h3-9,15,18H,10-11H2,1-2H3. The molecule has 0 radical (unpaired) electrons. The molecule has 2 aromatic rings. The molecule has 0 bridgehead atoms. The van der Waals surface area contributed by atoms with Gasteiger partial charge in [-0.15, -0.1) is 0 Å². The number of nitrogens with zero attached hydrogens (tertiary/aromatic N) is 2. The van der Waals surface area contributed by atoms with Crippen molar-refractivity contribution in [2.24, 2.45) is 0 Å². The molecule has 0 fully saturated rings. The summed E-state index contributed by atoms with van der Waals surface area (Å²) in [7, 11) is 0. The van der Waals surface area contributed by atoms with Crippen LogP contribution in [0.1, 0.15) is 19.5 Å². The molecule has 18 heavy (non-hydrogen) atoms. The van der Waals surface area contributed by atoms with Crippen LogP contribution in [0.5, 0.6) is 0 Å².